The number of rotatable bonds is 4. The topological polar surface area (TPSA) is 34.2 Å². The van der Waals surface area contributed by atoms with Gasteiger partial charge in [-0.3, -0.25) is 0 Å². The first-order chi connectivity index (χ1) is 8.47. The molecule has 1 N–H and O–H groups in total. The SMILES string of the molecule is C[C@@H](NCc1nc(C(F)(F)F)cs1)[C@@H]1CCCO1. The van der Waals surface area contributed by atoms with Crippen LogP contribution in [0, 0.1) is 0 Å². The summed E-state index contributed by atoms with van der Waals surface area (Å²) < 4.78 is 42.6. The quantitative estimate of drug-likeness (QED) is 0.921. The standard InChI is InChI=1S/C11H15F3N2OS/c1-7(8-3-2-4-17-8)15-5-10-16-9(6-18-10)11(12,13)14/h6-8,15H,2-5H2,1H3/t7-,8+/m1/s1. The first-order valence-corrected chi connectivity index (χ1v) is 6.71. The molecule has 1 saturated heterocycles. The van der Waals surface area contributed by atoms with Crippen LogP contribution in [0.4, 0.5) is 13.2 Å². The predicted octanol–water partition coefficient (Wildman–Crippen LogP) is 2.82. The van der Waals surface area contributed by atoms with Gasteiger partial charge in [-0.25, -0.2) is 4.98 Å². The number of ether oxygens (including phenoxy) is 1. The predicted molar refractivity (Wildman–Crippen MR) is 62.4 cm³/mol. The monoisotopic (exact) mass is 280 g/mol. The molecule has 102 valence electrons. The molecule has 2 atom stereocenters. The van der Waals surface area contributed by atoms with Gasteiger partial charge in [0.1, 0.15) is 5.01 Å². The second-order valence-corrected chi connectivity index (χ2v) is 5.29. The maximum absolute atomic E-state index is 12.3. The smallest absolute Gasteiger partial charge is 0.377 e. The number of nitrogens with zero attached hydrogens (tertiary/aromatic N) is 1. The summed E-state index contributed by atoms with van der Waals surface area (Å²) in [4.78, 5) is 3.57. The van der Waals surface area contributed by atoms with Crippen LogP contribution in [-0.4, -0.2) is 23.7 Å². The number of alkyl halides is 3. The van der Waals surface area contributed by atoms with Gasteiger partial charge in [-0.1, -0.05) is 0 Å². The number of hydrogen-bond acceptors (Lipinski definition) is 4. The summed E-state index contributed by atoms with van der Waals surface area (Å²) in [6.45, 7) is 3.10. The number of hydrogen-bond donors (Lipinski definition) is 1. The zero-order valence-corrected chi connectivity index (χ0v) is 10.8. The van der Waals surface area contributed by atoms with Gasteiger partial charge in [0.25, 0.3) is 0 Å². The van der Waals surface area contributed by atoms with Crippen molar-refractivity contribution in [2.24, 2.45) is 0 Å². The van der Waals surface area contributed by atoms with Crippen molar-refractivity contribution in [1.29, 1.82) is 0 Å². The van der Waals surface area contributed by atoms with Crippen LogP contribution in [0.25, 0.3) is 0 Å². The van der Waals surface area contributed by atoms with E-state index in [1.54, 1.807) is 0 Å². The third-order valence-electron chi connectivity index (χ3n) is 2.94. The lowest BCUT2D eigenvalue weighted by molar-refractivity contribution is -0.140. The third kappa shape index (κ3) is 3.43. The Morgan fingerprint density at radius 2 is 2.39 bits per heavy atom. The molecule has 0 radical (unpaired) electrons. The fraction of sp³-hybridized carbons (Fsp3) is 0.727. The van der Waals surface area contributed by atoms with E-state index < -0.39 is 11.9 Å². The van der Waals surface area contributed by atoms with Crippen molar-refractivity contribution in [3.05, 3.63) is 16.1 Å². The molecule has 1 aromatic heterocycles. The minimum Gasteiger partial charge on any atom is -0.377 e. The fourth-order valence-electron chi connectivity index (χ4n) is 1.90. The highest BCUT2D eigenvalue weighted by atomic mass is 32.1. The first-order valence-electron chi connectivity index (χ1n) is 5.83. The maximum atomic E-state index is 12.3. The summed E-state index contributed by atoms with van der Waals surface area (Å²) in [6.07, 6.45) is -2.15. The van der Waals surface area contributed by atoms with E-state index in [1.165, 1.54) is 0 Å². The van der Waals surface area contributed by atoms with Gasteiger partial charge in [0.05, 0.1) is 6.10 Å². The zero-order chi connectivity index (χ0) is 13.2. The Morgan fingerprint density at radius 3 is 2.94 bits per heavy atom. The summed E-state index contributed by atoms with van der Waals surface area (Å²) in [5, 5.41) is 4.66. The van der Waals surface area contributed by atoms with E-state index in [-0.39, 0.29) is 12.1 Å². The normalized spacial score (nSPS) is 22.3. The van der Waals surface area contributed by atoms with Crippen molar-refractivity contribution in [2.75, 3.05) is 6.61 Å². The van der Waals surface area contributed by atoms with Crippen molar-refractivity contribution >= 4 is 11.3 Å². The van der Waals surface area contributed by atoms with Crippen LogP contribution < -0.4 is 5.32 Å². The van der Waals surface area contributed by atoms with E-state index in [9.17, 15) is 13.2 Å². The summed E-state index contributed by atoms with van der Waals surface area (Å²) in [6, 6.07) is 0.130. The molecule has 0 aliphatic carbocycles. The molecule has 0 unspecified atom stereocenters. The molecular formula is C11H15F3N2OS. The Bertz CT molecular complexity index is 388. The lowest BCUT2D eigenvalue weighted by Gasteiger charge is -2.19. The first kappa shape index (κ1) is 13.8. The molecule has 1 fully saturated rings. The minimum absolute atomic E-state index is 0.130. The van der Waals surface area contributed by atoms with Gasteiger partial charge in [0, 0.05) is 24.6 Å². The van der Waals surface area contributed by atoms with Gasteiger partial charge in [-0.05, 0) is 19.8 Å². The molecular weight excluding hydrogens is 265 g/mol. The van der Waals surface area contributed by atoms with Gasteiger partial charge in [0.15, 0.2) is 5.69 Å². The molecule has 18 heavy (non-hydrogen) atoms. The van der Waals surface area contributed by atoms with E-state index in [1.807, 2.05) is 6.92 Å². The Morgan fingerprint density at radius 1 is 1.61 bits per heavy atom. The molecule has 2 rings (SSSR count). The van der Waals surface area contributed by atoms with Crippen molar-refractivity contribution in [2.45, 2.75) is 44.6 Å². The number of aromatic nitrogens is 1. The molecule has 7 heteroatoms. The molecule has 1 aromatic rings. The lowest BCUT2D eigenvalue weighted by atomic mass is 10.1. The number of thiazole rings is 1. The van der Waals surface area contributed by atoms with E-state index in [4.69, 9.17) is 4.74 Å². The summed E-state index contributed by atoms with van der Waals surface area (Å²) in [5.74, 6) is 0. The Balaban J connectivity index is 1.84. The fourth-order valence-corrected chi connectivity index (χ4v) is 2.65. The van der Waals surface area contributed by atoms with Crippen molar-refractivity contribution < 1.29 is 17.9 Å². The highest BCUT2D eigenvalue weighted by molar-refractivity contribution is 7.09. The Hall–Kier alpha value is -0.660. The van der Waals surface area contributed by atoms with Crippen LogP contribution in [0.3, 0.4) is 0 Å². The summed E-state index contributed by atoms with van der Waals surface area (Å²) in [7, 11) is 0. The summed E-state index contributed by atoms with van der Waals surface area (Å²) >= 11 is 1.03. The molecule has 0 spiro atoms. The van der Waals surface area contributed by atoms with Crippen molar-refractivity contribution in [1.82, 2.24) is 10.3 Å². The molecule has 0 amide bonds. The molecule has 1 aliphatic rings. The van der Waals surface area contributed by atoms with Crippen LogP contribution in [0.5, 0.6) is 0 Å². The largest absolute Gasteiger partial charge is 0.434 e. The van der Waals surface area contributed by atoms with Gasteiger partial charge in [0.2, 0.25) is 0 Å². The van der Waals surface area contributed by atoms with E-state index in [2.05, 4.69) is 10.3 Å². The second-order valence-electron chi connectivity index (χ2n) is 4.35. The van der Waals surface area contributed by atoms with Crippen LogP contribution in [0.1, 0.15) is 30.5 Å². The van der Waals surface area contributed by atoms with Crippen molar-refractivity contribution in [3.8, 4) is 0 Å². The molecule has 0 bridgehead atoms. The zero-order valence-electron chi connectivity index (χ0n) is 9.96. The second kappa shape index (κ2) is 5.54. The molecule has 2 heterocycles. The van der Waals surface area contributed by atoms with Gasteiger partial charge >= 0.3 is 6.18 Å². The summed E-state index contributed by atoms with van der Waals surface area (Å²) in [5.41, 5.74) is -0.811. The van der Waals surface area contributed by atoms with E-state index in [0.717, 1.165) is 36.2 Å². The minimum atomic E-state index is -4.35. The lowest BCUT2D eigenvalue weighted by Crippen LogP contribution is -2.36. The number of halogens is 3. The van der Waals surface area contributed by atoms with E-state index >= 15 is 0 Å². The maximum Gasteiger partial charge on any atom is 0.434 e. The molecule has 3 nitrogen and oxygen atoms in total. The highest BCUT2D eigenvalue weighted by Gasteiger charge is 2.33. The van der Waals surface area contributed by atoms with Crippen LogP contribution in [-0.2, 0) is 17.5 Å². The third-order valence-corrected chi connectivity index (χ3v) is 3.79. The van der Waals surface area contributed by atoms with Crippen molar-refractivity contribution in [3.63, 3.8) is 0 Å². The Kier molecular flexibility index (Phi) is 4.24. The molecule has 0 saturated carbocycles. The van der Waals surface area contributed by atoms with Crippen LogP contribution >= 0.6 is 11.3 Å². The van der Waals surface area contributed by atoms with Crippen LogP contribution in [0.15, 0.2) is 5.38 Å². The highest BCUT2D eigenvalue weighted by Crippen LogP contribution is 2.30. The average Bonchev–Trinajstić information content (AvgIpc) is 2.96. The van der Waals surface area contributed by atoms with Gasteiger partial charge < -0.3 is 10.1 Å². The van der Waals surface area contributed by atoms with Gasteiger partial charge in [-0.2, -0.15) is 13.2 Å². The average molecular weight is 280 g/mol. The Labute approximate surface area is 107 Å². The van der Waals surface area contributed by atoms with E-state index in [0.29, 0.717) is 11.6 Å². The molecule has 0 aromatic carbocycles. The number of nitrogens with one attached hydrogen (secondary N) is 1. The molecule has 1 aliphatic heterocycles. The van der Waals surface area contributed by atoms with Gasteiger partial charge in [-0.15, -0.1) is 11.3 Å². The van der Waals surface area contributed by atoms with Crippen LogP contribution in [0.2, 0.25) is 0 Å².